The Balaban J connectivity index is 1.34. The Labute approximate surface area is 246 Å². The average molecular weight is 578 g/mol. The minimum absolute atomic E-state index is 0.0445. The molecule has 2 aromatic carbocycles. The number of likely N-dealkylation sites (tertiary alicyclic amines) is 2. The molecule has 2 fully saturated rings. The van der Waals surface area contributed by atoms with E-state index in [1.165, 1.54) is 4.88 Å². The maximum absolute atomic E-state index is 13.6. The Hall–Kier alpha value is -3.56. The summed E-state index contributed by atoms with van der Waals surface area (Å²) >= 11 is 1.68. The second-order valence-electron chi connectivity index (χ2n) is 11.0. The van der Waals surface area contributed by atoms with Crippen molar-refractivity contribution in [3.63, 3.8) is 0 Å². The molecule has 3 aromatic rings. The van der Waals surface area contributed by atoms with Crippen LogP contribution in [0, 0.1) is 5.92 Å². The highest BCUT2D eigenvalue weighted by Gasteiger charge is 2.51. The molecule has 2 aliphatic rings. The van der Waals surface area contributed by atoms with Crippen LogP contribution in [0.5, 0.6) is 17.2 Å². The number of hydrogen-bond acceptors (Lipinski definition) is 7. The summed E-state index contributed by atoms with van der Waals surface area (Å²) in [4.78, 5) is 32.4. The molecular weight excluding hydrogens is 538 g/mol. The number of carbonyl (C=O) groups excluding carboxylic acids is 2. The zero-order chi connectivity index (χ0) is 29.1. The molecule has 0 aliphatic carbocycles. The summed E-state index contributed by atoms with van der Waals surface area (Å²) in [6.45, 7) is 5.09. The highest BCUT2D eigenvalue weighted by molar-refractivity contribution is 7.10. The Bertz CT molecular complexity index is 1340. The number of thiophene rings is 1. The number of benzene rings is 2. The van der Waals surface area contributed by atoms with E-state index >= 15 is 0 Å². The van der Waals surface area contributed by atoms with Crippen molar-refractivity contribution >= 4 is 23.2 Å². The lowest BCUT2D eigenvalue weighted by Crippen LogP contribution is -2.57. The molecule has 2 aliphatic heterocycles. The highest BCUT2D eigenvalue weighted by atomic mass is 32.1. The maximum Gasteiger partial charge on any atom is 0.254 e. The van der Waals surface area contributed by atoms with Gasteiger partial charge in [-0.05, 0) is 61.4 Å². The summed E-state index contributed by atoms with van der Waals surface area (Å²) in [5, 5.41) is 2.07. The predicted molar refractivity (Wildman–Crippen MR) is 160 cm³/mol. The van der Waals surface area contributed by atoms with Crippen LogP contribution in [0.4, 0.5) is 0 Å². The molecule has 0 bridgehead atoms. The molecule has 4 unspecified atom stereocenters. The van der Waals surface area contributed by atoms with Crippen molar-refractivity contribution < 1.29 is 23.8 Å². The number of methoxy groups -OCH3 is 3. The van der Waals surface area contributed by atoms with Gasteiger partial charge in [0.15, 0.2) is 11.5 Å². The summed E-state index contributed by atoms with van der Waals surface area (Å²) < 4.78 is 16.3. The zero-order valence-electron chi connectivity index (χ0n) is 24.2. The van der Waals surface area contributed by atoms with Gasteiger partial charge in [-0.3, -0.25) is 14.5 Å². The molecule has 3 heterocycles. The van der Waals surface area contributed by atoms with Gasteiger partial charge in [0, 0.05) is 42.0 Å². The smallest absolute Gasteiger partial charge is 0.254 e. The van der Waals surface area contributed by atoms with Crippen molar-refractivity contribution in [1.82, 2.24) is 9.80 Å². The first kappa shape index (κ1) is 29.0. The Kier molecular flexibility index (Phi) is 8.56. The predicted octanol–water partition coefficient (Wildman–Crippen LogP) is 4.54. The topological polar surface area (TPSA) is 94.3 Å². The molecule has 2 N–H and O–H groups in total. The fourth-order valence-corrected chi connectivity index (χ4v) is 7.65. The Morgan fingerprint density at radius 2 is 1.68 bits per heavy atom. The third-order valence-electron chi connectivity index (χ3n) is 9.10. The van der Waals surface area contributed by atoms with Crippen LogP contribution >= 0.6 is 11.3 Å². The summed E-state index contributed by atoms with van der Waals surface area (Å²) in [7, 11) is 4.64. The van der Waals surface area contributed by atoms with E-state index in [-0.39, 0.29) is 23.8 Å². The zero-order valence-corrected chi connectivity index (χ0v) is 25.0. The molecule has 2 saturated heterocycles. The molecule has 41 heavy (non-hydrogen) atoms. The third-order valence-corrected chi connectivity index (χ3v) is 10.1. The first-order chi connectivity index (χ1) is 19.8. The molecule has 0 saturated carbocycles. The summed E-state index contributed by atoms with van der Waals surface area (Å²) in [5.41, 5.74) is 6.96. The monoisotopic (exact) mass is 577 g/mol. The van der Waals surface area contributed by atoms with Crippen LogP contribution in [0.25, 0.3) is 0 Å². The number of rotatable bonds is 9. The molecule has 4 atom stereocenters. The molecule has 0 radical (unpaired) electrons. The number of primary amides is 1. The lowest BCUT2D eigenvalue weighted by Gasteiger charge is -2.48. The number of hydrogen-bond donors (Lipinski definition) is 1. The summed E-state index contributed by atoms with van der Waals surface area (Å²) in [5.74, 6) is 1.34. The van der Waals surface area contributed by atoms with Crippen LogP contribution in [-0.2, 0) is 10.2 Å². The van der Waals surface area contributed by atoms with E-state index in [0.29, 0.717) is 48.2 Å². The third kappa shape index (κ3) is 5.28. The van der Waals surface area contributed by atoms with Gasteiger partial charge in [0.25, 0.3) is 5.91 Å². The quantitative estimate of drug-likeness (QED) is 0.402. The normalized spacial score (nSPS) is 23.7. The SMILES string of the molecule is COc1cc(C(=O)N2CCC(C(C)N3CCC(C(N)=O)(c4ccccc4)C(c4cccs4)C3)C2)cc(OC)c1OC. The molecular formula is C32H39N3O5S. The number of amides is 2. The van der Waals surface area contributed by atoms with Crippen LogP contribution in [0.15, 0.2) is 60.0 Å². The van der Waals surface area contributed by atoms with Crippen molar-refractivity contribution in [3.05, 3.63) is 76.0 Å². The molecule has 8 nitrogen and oxygen atoms in total. The van der Waals surface area contributed by atoms with Crippen LogP contribution in [-0.4, -0.2) is 75.2 Å². The van der Waals surface area contributed by atoms with Gasteiger partial charge < -0.3 is 24.8 Å². The van der Waals surface area contributed by atoms with Crippen LogP contribution in [0.2, 0.25) is 0 Å². The van der Waals surface area contributed by atoms with Crippen LogP contribution < -0.4 is 19.9 Å². The van der Waals surface area contributed by atoms with E-state index < -0.39 is 5.41 Å². The minimum atomic E-state index is -0.757. The van der Waals surface area contributed by atoms with Gasteiger partial charge in [0.1, 0.15) is 0 Å². The van der Waals surface area contributed by atoms with Crippen molar-refractivity contribution in [1.29, 1.82) is 0 Å². The van der Waals surface area contributed by atoms with Gasteiger partial charge in [-0.15, -0.1) is 11.3 Å². The fraction of sp³-hybridized carbons (Fsp3) is 0.438. The molecule has 5 rings (SSSR count). The Morgan fingerprint density at radius 1 is 0.976 bits per heavy atom. The largest absolute Gasteiger partial charge is 0.493 e. The lowest BCUT2D eigenvalue weighted by atomic mass is 9.64. The first-order valence-corrected chi connectivity index (χ1v) is 14.9. The number of nitrogens with two attached hydrogens (primary N) is 1. The van der Waals surface area contributed by atoms with E-state index in [1.54, 1.807) is 44.8 Å². The van der Waals surface area contributed by atoms with Gasteiger partial charge in [0.05, 0.1) is 26.7 Å². The van der Waals surface area contributed by atoms with Crippen molar-refractivity contribution in [2.45, 2.75) is 37.1 Å². The van der Waals surface area contributed by atoms with Gasteiger partial charge in [-0.1, -0.05) is 36.4 Å². The second-order valence-corrected chi connectivity index (χ2v) is 11.9. The van der Waals surface area contributed by atoms with Crippen molar-refractivity contribution in [2.75, 3.05) is 47.5 Å². The van der Waals surface area contributed by atoms with E-state index in [2.05, 4.69) is 23.3 Å². The number of ether oxygens (including phenoxy) is 3. The van der Waals surface area contributed by atoms with E-state index in [9.17, 15) is 9.59 Å². The van der Waals surface area contributed by atoms with Crippen LogP contribution in [0.3, 0.4) is 0 Å². The molecule has 9 heteroatoms. The van der Waals surface area contributed by atoms with Gasteiger partial charge in [-0.25, -0.2) is 0 Å². The summed E-state index contributed by atoms with van der Waals surface area (Å²) in [6.07, 6.45) is 1.57. The Morgan fingerprint density at radius 3 is 2.27 bits per heavy atom. The van der Waals surface area contributed by atoms with Gasteiger partial charge >= 0.3 is 0 Å². The molecule has 1 aromatic heterocycles. The highest BCUT2D eigenvalue weighted by Crippen LogP contribution is 2.47. The molecule has 0 spiro atoms. The average Bonchev–Trinajstić information content (AvgIpc) is 3.73. The van der Waals surface area contributed by atoms with Crippen molar-refractivity contribution in [3.8, 4) is 17.2 Å². The van der Waals surface area contributed by atoms with Crippen molar-refractivity contribution in [2.24, 2.45) is 11.7 Å². The number of nitrogens with zero attached hydrogens (tertiary/aromatic N) is 2. The maximum atomic E-state index is 13.6. The first-order valence-electron chi connectivity index (χ1n) is 14.1. The van der Waals surface area contributed by atoms with Gasteiger partial charge in [0.2, 0.25) is 11.7 Å². The molecule has 2 amide bonds. The van der Waals surface area contributed by atoms with Crippen LogP contribution in [0.1, 0.15) is 46.5 Å². The summed E-state index contributed by atoms with van der Waals surface area (Å²) in [6, 6.07) is 17.8. The van der Waals surface area contributed by atoms with Gasteiger partial charge in [-0.2, -0.15) is 0 Å². The van der Waals surface area contributed by atoms with E-state index in [0.717, 1.165) is 25.1 Å². The lowest BCUT2D eigenvalue weighted by molar-refractivity contribution is -0.126. The molecule has 218 valence electrons. The van der Waals surface area contributed by atoms with E-state index in [1.807, 2.05) is 41.3 Å². The number of carbonyl (C=O) groups is 2. The number of piperidine rings is 1. The standard InChI is InChI=1S/C32H39N3O5S/c1-21(22-12-14-35(19-22)30(36)23-17-26(38-2)29(40-4)27(18-23)39-3)34-15-13-32(31(33)37,24-9-6-5-7-10-24)25(20-34)28-11-8-16-41-28/h5-11,16-18,21-22,25H,12-15,19-20H2,1-4H3,(H2,33,37). The fourth-order valence-electron chi connectivity index (χ4n) is 6.74. The second kappa shape index (κ2) is 12.1. The minimum Gasteiger partial charge on any atom is -0.493 e. The van der Waals surface area contributed by atoms with E-state index in [4.69, 9.17) is 19.9 Å².